The van der Waals surface area contributed by atoms with Crippen molar-refractivity contribution in [3.8, 4) is 0 Å². The van der Waals surface area contributed by atoms with Crippen molar-refractivity contribution >= 4 is 10.0 Å². The van der Waals surface area contributed by atoms with Crippen LogP contribution in [0.5, 0.6) is 0 Å². The van der Waals surface area contributed by atoms with Crippen LogP contribution in [0, 0.1) is 19.8 Å². The van der Waals surface area contributed by atoms with Gasteiger partial charge in [0.15, 0.2) is 0 Å². The molecule has 1 aromatic carbocycles. The zero-order chi connectivity index (χ0) is 14.0. The largest absolute Gasteiger partial charge is 0.315 e. The molecule has 19 heavy (non-hydrogen) atoms. The van der Waals surface area contributed by atoms with Gasteiger partial charge in [-0.25, -0.2) is 13.1 Å². The molecule has 1 heterocycles. The number of aryl methyl sites for hydroxylation is 2. The van der Waals surface area contributed by atoms with E-state index < -0.39 is 10.0 Å². The highest BCUT2D eigenvalue weighted by Gasteiger charge is 2.27. The summed E-state index contributed by atoms with van der Waals surface area (Å²) in [6.45, 7) is 7.55. The van der Waals surface area contributed by atoms with Crippen LogP contribution < -0.4 is 10.0 Å². The van der Waals surface area contributed by atoms with Crippen molar-refractivity contribution < 1.29 is 8.42 Å². The van der Waals surface area contributed by atoms with E-state index in [4.69, 9.17) is 0 Å². The lowest BCUT2D eigenvalue weighted by Gasteiger charge is -2.30. The maximum Gasteiger partial charge on any atom is 0.241 e. The first-order valence-electron chi connectivity index (χ1n) is 6.70. The molecule has 0 spiro atoms. The lowest BCUT2D eigenvalue weighted by Crippen LogP contribution is -2.50. The second-order valence-electron chi connectivity index (χ2n) is 5.47. The molecule has 0 unspecified atom stereocenters. The van der Waals surface area contributed by atoms with E-state index in [1.807, 2.05) is 26.0 Å². The van der Waals surface area contributed by atoms with E-state index in [9.17, 15) is 8.42 Å². The summed E-state index contributed by atoms with van der Waals surface area (Å²) in [7, 11) is -3.43. The van der Waals surface area contributed by atoms with Crippen molar-refractivity contribution in [1.29, 1.82) is 0 Å². The molecule has 2 N–H and O–H groups in total. The van der Waals surface area contributed by atoms with Gasteiger partial charge in [0.2, 0.25) is 10.0 Å². The van der Waals surface area contributed by atoms with Crippen LogP contribution in [0.15, 0.2) is 23.1 Å². The molecule has 0 radical (unpaired) electrons. The molecule has 0 bridgehead atoms. The molecule has 0 amide bonds. The van der Waals surface area contributed by atoms with Crippen LogP contribution in [0.2, 0.25) is 0 Å². The molecule has 4 nitrogen and oxygen atoms in total. The van der Waals surface area contributed by atoms with Gasteiger partial charge in [-0.2, -0.15) is 0 Å². The maximum absolute atomic E-state index is 12.4. The Hall–Kier alpha value is -0.910. The summed E-state index contributed by atoms with van der Waals surface area (Å²) in [6.07, 6.45) is 1.00. The Morgan fingerprint density at radius 1 is 1.32 bits per heavy atom. The molecule has 5 heteroatoms. The van der Waals surface area contributed by atoms with Crippen LogP contribution >= 0.6 is 0 Å². The minimum absolute atomic E-state index is 0.0283. The summed E-state index contributed by atoms with van der Waals surface area (Å²) >= 11 is 0. The standard InChI is InChI=1S/C14H22N2O2S/c1-10-4-5-14(12(3)8-10)19(17,18)16-13-9-15-7-6-11(13)2/h4-5,8,11,13,15-16H,6-7,9H2,1-3H3/t11-,13+/m1/s1. The average molecular weight is 282 g/mol. The van der Waals surface area contributed by atoms with Gasteiger partial charge in [0.05, 0.1) is 4.90 Å². The quantitative estimate of drug-likeness (QED) is 0.885. The first kappa shape index (κ1) is 14.5. The van der Waals surface area contributed by atoms with Crippen molar-refractivity contribution in [2.45, 2.75) is 38.1 Å². The lowest BCUT2D eigenvalue weighted by atomic mass is 9.96. The summed E-state index contributed by atoms with van der Waals surface area (Å²) in [4.78, 5) is 0.385. The molecule has 1 aliphatic rings. The normalized spacial score (nSPS) is 24.4. The van der Waals surface area contributed by atoms with Crippen LogP contribution in [0.25, 0.3) is 0 Å². The molecule has 106 valence electrons. The summed E-state index contributed by atoms with van der Waals surface area (Å²) in [5.74, 6) is 0.363. The fraction of sp³-hybridized carbons (Fsp3) is 0.571. The Morgan fingerprint density at radius 2 is 2.05 bits per heavy atom. The fourth-order valence-corrected chi connectivity index (χ4v) is 4.08. The van der Waals surface area contributed by atoms with Gasteiger partial charge in [0.25, 0.3) is 0 Å². The molecule has 1 aliphatic heterocycles. The third kappa shape index (κ3) is 3.35. The molecular formula is C14H22N2O2S. The Balaban J connectivity index is 2.22. The smallest absolute Gasteiger partial charge is 0.241 e. The molecule has 0 aliphatic carbocycles. The summed E-state index contributed by atoms with van der Waals surface area (Å²) in [5.41, 5.74) is 1.87. The first-order valence-corrected chi connectivity index (χ1v) is 8.19. The molecule has 2 rings (SSSR count). The third-order valence-corrected chi connectivity index (χ3v) is 5.40. The van der Waals surface area contributed by atoms with Crippen molar-refractivity contribution in [1.82, 2.24) is 10.0 Å². The highest BCUT2D eigenvalue weighted by Crippen LogP contribution is 2.19. The molecule has 2 atom stereocenters. The van der Waals surface area contributed by atoms with Crippen LogP contribution in [0.4, 0.5) is 0 Å². The van der Waals surface area contributed by atoms with Gasteiger partial charge < -0.3 is 5.32 Å². The van der Waals surface area contributed by atoms with Gasteiger partial charge in [-0.15, -0.1) is 0 Å². The second kappa shape index (κ2) is 5.61. The van der Waals surface area contributed by atoms with Gasteiger partial charge in [-0.3, -0.25) is 0 Å². The van der Waals surface area contributed by atoms with Crippen molar-refractivity contribution in [2.24, 2.45) is 5.92 Å². The predicted octanol–water partition coefficient (Wildman–Crippen LogP) is 1.58. The Labute approximate surface area is 115 Å². The molecule has 1 saturated heterocycles. The van der Waals surface area contributed by atoms with E-state index in [-0.39, 0.29) is 6.04 Å². The number of benzene rings is 1. The first-order chi connectivity index (χ1) is 8.90. The number of nitrogens with one attached hydrogen (secondary N) is 2. The van der Waals surface area contributed by atoms with E-state index in [1.165, 1.54) is 0 Å². The van der Waals surface area contributed by atoms with Crippen LogP contribution in [0.3, 0.4) is 0 Å². The highest BCUT2D eigenvalue weighted by atomic mass is 32.2. The number of sulfonamides is 1. The second-order valence-corrected chi connectivity index (χ2v) is 7.15. The zero-order valence-corrected chi connectivity index (χ0v) is 12.5. The lowest BCUT2D eigenvalue weighted by molar-refractivity contribution is 0.327. The number of hydrogen-bond donors (Lipinski definition) is 2. The van der Waals surface area contributed by atoms with Crippen molar-refractivity contribution in [3.63, 3.8) is 0 Å². The molecule has 0 saturated carbocycles. The van der Waals surface area contributed by atoms with E-state index in [0.29, 0.717) is 17.4 Å². The number of piperidine rings is 1. The number of rotatable bonds is 3. The Kier molecular flexibility index (Phi) is 4.28. The van der Waals surface area contributed by atoms with Crippen LogP contribution in [0.1, 0.15) is 24.5 Å². The fourth-order valence-electron chi connectivity index (χ4n) is 2.51. The highest BCUT2D eigenvalue weighted by molar-refractivity contribution is 7.89. The van der Waals surface area contributed by atoms with Crippen molar-refractivity contribution in [3.05, 3.63) is 29.3 Å². The Morgan fingerprint density at radius 3 is 2.68 bits per heavy atom. The molecule has 1 aromatic rings. The minimum Gasteiger partial charge on any atom is -0.315 e. The minimum atomic E-state index is -3.43. The van der Waals surface area contributed by atoms with Gasteiger partial charge in [-0.05, 0) is 44.4 Å². The third-order valence-electron chi connectivity index (χ3n) is 3.75. The van der Waals surface area contributed by atoms with Gasteiger partial charge in [0, 0.05) is 12.6 Å². The zero-order valence-electron chi connectivity index (χ0n) is 11.7. The summed E-state index contributed by atoms with van der Waals surface area (Å²) in [6, 6.07) is 5.40. The monoisotopic (exact) mass is 282 g/mol. The molecular weight excluding hydrogens is 260 g/mol. The Bertz CT molecular complexity index is 555. The van der Waals surface area contributed by atoms with Gasteiger partial charge in [0.1, 0.15) is 0 Å². The SMILES string of the molecule is Cc1ccc(S(=O)(=O)N[C@H]2CNCC[C@H]2C)c(C)c1. The summed E-state index contributed by atoms with van der Waals surface area (Å²) < 4.78 is 27.7. The van der Waals surface area contributed by atoms with Gasteiger partial charge >= 0.3 is 0 Å². The average Bonchev–Trinajstić information content (AvgIpc) is 2.31. The van der Waals surface area contributed by atoms with E-state index in [2.05, 4.69) is 17.0 Å². The van der Waals surface area contributed by atoms with Crippen LogP contribution in [-0.2, 0) is 10.0 Å². The van der Waals surface area contributed by atoms with Gasteiger partial charge in [-0.1, -0.05) is 24.6 Å². The number of hydrogen-bond acceptors (Lipinski definition) is 3. The van der Waals surface area contributed by atoms with E-state index >= 15 is 0 Å². The van der Waals surface area contributed by atoms with E-state index in [1.54, 1.807) is 6.07 Å². The molecule has 1 fully saturated rings. The van der Waals surface area contributed by atoms with E-state index in [0.717, 1.165) is 24.1 Å². The predicted molar refractivity (Wildman–Crippen MR) is 76.7 cm³/mol. The maximum atomic E-state index is 12.4. The summed E-state index contributed by atoms with van der Waals surface area (Å²) in [5, 5.41) is 3.24. The molecule has 0 aromatic heterocycles. The van der Waals surface area contributed by atoms with Crippen molar-refractivity contribution in [2.75, 3.05) is 13.1 Å². The van der Waals surface area contributed by atoms with Crippen LogP contribution in [-0.4, -0.2) is 27.5 Å². The topological polar surface area (TPSA) is 58.2 Å².